The van der Waals surface area contributed by atoms with Gasteiger partial charge in [-0.15, -0.1) is 24.0 Å². The van der Waals surface area contributed by atoms with E-state index in [0.29, 0.717) is 18.4 Å². The summed E-state index contributed by atoms with van der Waals surface area (Å²) in [6.45, 7) is 13.1. The molecular weight excluding hydrogens is 491 g/mol. The van der Waals surface area contributed by atoms with E-state index in [9.17, 15) is 5.11 Å². The Morgan fingerprint density at radius 1 is 1.23 bits per heavy atom. The van der Waals surface area contributed by atoms with E-state index in [-0.39, 0.29) is 30.6 Å². The third-order valence-electron chi connectivity index (χ3n) is 5.32. The van der Waals surface area contributed by atoms with Gasteiger partial charge in [0.1, 0.15) is 5.82 Å². The van der Waals surface area contributed by atoms with Crippen LogP contribution in [0.5, 0.6) is 0 Å². The molecule has 0 aliphatic carbocycles. The molecule has 2 rings (SSSR count). The van der Waals surface area contributed by atoms with Crippen molar-refractivity contribution < 1.29 is 5.11 Å². The van der Waals surface area contributed by atoms with Gasteiger partial charge >= 0.3 is 0 Å². The fourth-order valence-corrected chi connectivity index (χ4v) is 3.76. The van der Waals surface area contributed by atoms with E-state index < -0.39 is 0 Å². The monoisotopic (exact) mass is 532 g/mol. The summed E-state index contributed by atoms with van der Waals surface area (Å²) in [5, 5.41) is 16.2. The van der Waals surface area contributed by atoms with Crippen LogP contribution in [-0.4, -0.2) is 73.9 Å². The first-order chi connectivity index (χ1) is 14.0. The van der Waals surface area contributed by atoms with E-state index in [1.807, 2.05) is 12.3 Å². The summed E-state index contributed by atoms with van der Waals surface area (Å²) in [4.78, 5) is 14.2. The van der Waals surface area contributed by atoms with Crippen molar-refractivity contribution >= 4 is 35.8 Å². The second kappa shape index (κ2) is 14.8. The first-order valence-electron chi connectivity index (χ1n) is 11.0. The molecule has 2 heterocycles. The molecule has 1 unspecified atom stereocenters. The average Bonchev–Trinajstić information content (AvgIpc) is 2.70. The highest BCUT2D eigenvalue weighted by Gasteiger charge is 2.18. The van der Waals surface area contributed by atoms with E-state index in [2.05, 4.69) is 59.3 Å². The summed E-state index contributed by atoms with van der Waals surface area (Å²) in [5.74, 6) is 2.95. The van der Waals surface area contributed by atoms with Crippen molar-refractivity contribution in [1.29, 1.82) is 0 Å². The minimum atomic E-state index is 0. The number of rotatable bonds is 10. The van der Waals surface area contributed by atoms with Crippen LogP contribution in [0.25, 0.3) is 0 Å². The maximum Gasteiger partial charge on any atom is 0.191 e. The van der Waals surface area contributed by atoms with E-state index in [1.54, 1.807) is 0 Å². The van der Waals surface area contributed by atoms with Crippen LogP contribution in [0.4, 0.5) is 5.82 Å². The molecule has 1 atom stereocenters. The van der Waals surface area contributed by atoms with Crippen LogP contribution in [-0.2, 0) is 6.54 Å². The number of piperazine rings is 1. The zero-order valence-electron chi connectivity index (χ0n) is 19.1. The topological polar surface area (TPSA) is 76.0 Å². The van der Waals surface area contributed by atoms with Gasteiger partial charge in [-0.05, 0) is 44.7 Å². The van der Waals surface area contributed by atoms with E-state index in [0.717, 1.165) is 69.5 Å². The first-order valence-corrected chi connectivity index (χ1v) is 11.0. The third kappa shape index (κ3) is 9.34. The zero-order valence-corrected chi connectivity index (χ0v) is 21.4. The van der Waals surface area contributed by atoms with E-state index >= 15 is 0 Å². The van der Waals surface area contributed by atoms with Gasteiger partial charge in [0.25, 0.3) is 0 Å². The Labute approximate surface area is 199 Å². The summed E-state index contributed by atoms with van der Waals surface area (Å²) in [7, 11) is 2.17. The van der Waals surface area contributed by atoms with Crippen LogP contribution in [0, 0.1) is 11.8 Å². The highest BCUT2D eigenvalue weighted by molar-refractivity contribution is 14.0. The van der Waals surface area contributed by atoms with Crippen molar-refractivity contribution in [3.63, 3.8) is 0 Å². The molecule has 1 aromatic heterocycles. The Morgan fingerprint density at radius 3 is 2.60 bits per heavy atom. The number of likely N-dealkylation sites (N-methyl/N-ethyl adjacent to an activating group) is 1. The molecule has 1 aromatic rings. The van der Waals surface area contributed by atoms with Crippen LogP contribution in [0.3, 0.4) is 0 Å². The summed E-state index contributed by atoms with van der Waals surface area (Å²) in [6.07, 6.45) is 3.79. The summed E-state index contributed by atoms with van der Waals surface area (Å²) in [6, 6.07) is 4.12. The molecule has 1 aliphatic rings. The number of halogens is 1. The smallest absolute Gasteiger partial charge is 0.191 e. The van der Waals surface area contributed by atoms with Gasteiger partial charge in [-0.25, -0.2) is 9.98 Å². The molecule has 3 N–H and O–H groups in total. The number of nitrogens with one attached hydrogen (secondary N) is 2. The molecule has 1 saturated heterocycles. The number of hydrogen-bond acceptors (Lipinski definition) is 5. The highest BCUT2D eigenvalue weighted by atomic mass is 127. The van der Waals surface area contributed by atoms with Crippen molar-refractivity contribution in [2.24, 2.45) is 16.8 Å². The Bertz CT molecular complexity index is 619. The molecule has 0 aromatic carbocycles. The summed E-state index contributed by atoms with van der Waals surface area (Å²) in [5.41, 5.74) is 1.16. The minimum Gasteiger partial charge on any atom is -0.396 e. The molecule has 8 heteroatoms. The van der Waals surface area contributed by atoms with Crippen LogP contribution in [0.15, 0.2) is 23.3 Å². The number of aliphatic imine (C=N–C) groups is 1. The van der Waals surface area contributed by atoms with Gasteiger partial charge in [0.05, 0.1) is 6.54 Å². The summed E-state index contributed by atoms with van der Waals surface area (Å²) >= 11 is 0. The molecule has 172 valence electrons. The van der Waals surface area contributed by atoms with Gasteiger partial charge < -0.3 is 25.5 Å². The molecule has 0 spiro atoms. The van der Waals surface area contributed by atoms with Crippen molar-refractivity contribution in [2.45, 2.75) is 40.2 Å². The number of aromatic nitrogens is 1. The predicted molar refractivity (Wildman–Crippen MR) is 137 cm³/mol. The molecule has 1 fully saturated rings. The van der Waals surface area contributed by atoms with Crippen molar-refractivity contribution in [3.05, 3.63) is 23.9 Å². The number of anilines is 1. The Morgan fingerprint density at radius 2 is 1.97 bits per heavy atom. The fraction of sp³-hybridized carbons (Fsp3) is 0.727. The van der Waals surface area contributed by atoms with Gasteiger partial charge in [0.2, 0.25) is 0 Å². The second-order valence-corrected chi connectivity index (χ2v) is 8.36. The Hall–Kier alpha value is -1.13. The van der Waals surface area contributed by atoms with Crippen LogP contribution in [0.1, 0.15) is 39.2 Å². The molecule has 0 saturated carbocycles. The lowest BCUT2D eigenvalue weighted by Gasteiger charge is -2.34. The normalized spacial score (nSPS) is 16.3. The van der Waals surface area contributed by atoms with Crippen molar-refractivity contribution in [1.82, 2.24) is 20.5 Å². The lowest BCUT2D eigenvalue weighted by Crippen LogP contribution is -2.45. The molecule has 30 heavy (non-hydrogen) atoms. The number of hydrogen-bond donors (Lipinski definition) is 3. The van der Waals surface area contributed by atoms with Gasteiger partial charge in [-0.3, -0.25) is 0 Å². The molecular formula is C22H41IN6O. The van der Waals surface area contributed by atoms with Gasteiger partial charge in [0, 0.05) is 57.6 Å². The lowest BCUT2D eigenvalue weighted by molar-refractivity contribution is 0.243. The lowest BCUT2D eigenvalue weighted by atomic mass is 9.94. The number of aliphatic hydroxyl groups is 1. The van der Waals surface area contributed by atoms with Crippen LogP contribution >= 0.6 is 24.0 Å². The predicted octanol–water partition coefficient (Wildman–Crippen LogP) is 2.55. The number of pyridine rings is 1. The Balaban J connectivity index is 0.00000450. The minimum absolute atomic E-state index is 0. The molecule has 7 nitrogen and oxygen atoms in total. The van der Waals surface area contributed by atoms with E-state index in [1.165, 1.54) is 0 Å². The molecule has 0 radical (unpaired) electrons. The number of aliphatic hydroxyl groups excluding tert-OH is 1. The average molecular weight is 533 g/mol. The van der Waals surface area contributed by atoms with E-state index in [4.69, 9.17) is 4.99 Å². The number of guanidine groups is 1. The highest BCUT2D eigenvalue weighted by Crippen LogP contribution is 2.19. The van der Waals surface area contributed by atoms with Crippen LogP contribution in [0.2, 0.25) is 0 Å². The zero-order chi connectivity index (χ0) is 21.1. The maximum absolute atomic E-state index is 9.35. The maximum atomic E-state index is 9.35. The molecule has 0 bridgehead atoms. The van der Waals surface area contributed by atoms with Gasteiger partial charge in [-0.2, -0.15) is 0 Å². The first kappa shape index (κ1) is 26.9. The standard InChI is InChI=1S/C22H40N6O.HI/c1-5-23-22(25-16-19(8-14-29)15-18(2)3)26-17-20-7-6-9-24-21(20)28-12-10-27(4)11-13-28;/h6-7,9,18-19,29H,5,8,10-17H2,1-4H3,(H2,23,25,26);1H. The largest absolute Gasteiger partial charge is 0.396 e. The van der Waals surface area contributed by atoms with Crippen molar-refractivity contribution in [2.75, 3.05) is 57.8 Å². The third-order valence-corrected chi connectivity index (χ3v) is 5.32. The summed E-state index contributed by atoms with van der Waals surface area (Å²) < 4.78 is 0. The number of nitrogens with zero attached hydrogens (tertiary/aromatic N) is 4. The Kier molecular flexibility index (Phi) is 13.3. The van der Waals surface area contributed by atoms with Crippen LogP contribution < -0.4 is 15.5 Å². The van der Waals surface area contributed by atoms with Gasteiger partial charge in [0.15, 0.2) is 5.96 Å². The van der Waals surface area contributed by atoms with Crippen molar-refractivity contribution in [3.8, 4) is 0 Å². The fourth-order valence-electron chi connectivity index (χ4n) is 3.76. The quantitative estimate of drug-likeness (QED) is 0.244. The molecule has 0 amide bonds. The SMILES string of the molecule is CCNC(=NCc1cccnc1N1CCN(C)CC1)NCC(CCO)CC(C)C.I. The molecule has 1 aliphatic heterocycles. The second-order valence-electron chi connectivity index (χ2n) is 8.36. The van der Waals surface area contributed by atoms with Gasteiger partial charge in [-0.1, -0.05) is 19.9 Å².